The largest absolute Gasteiger partial charge is 0.392 e. The number of benzene rings is 1. The fourth-order valence-corrected chi connectivity index (χ4v) is 3.36. The molecule has 2 heterocycles. The van der Waals surface area contributed by atoms with Crippen LogP contribution in [0.5, 0.6) is 0 Å². The van der Waals surface area contributed by atoms with Gasteiger partial charge in [-0.2, -0.15) is 0 Å². The van der Waals surface area contributed by atoms with Crippen molar-refractivity contribution in [3.05, 3.63) is 53.2 Å². The summed E-state index contributed by atoms with van der Waals surface area (Å²) in [7, 11) is 0. The van der Waals surface area contributed by atoms with E-state index in [9.17, 15) is 5.11 Å². The maximum Gasteiger partial charge on any atom is 0.144 e. The molecule has 1 aliphatic rings. The van der Waals surface area contributed by atoms with Crippen molar-refractivity contribution in [3.63, 3.8) is 0 Å². The molecule has 0 fully saturated rings. The number of rotatable bonds is 2. The van der Waals surface area contributed by atoms with Crippen LogP contribution in [-0.4, -0.2) is 14.5 Å². The quantitative estimate of drug-likeness (QED) is 0.763. The molecule has 3 N–H and O–H groups in total. The Morgan fingerprint density at radius 3 is 2.77 bits per heavy atom. The molecule has 22 heavy (non-hydrogen) atoms. The molecule has 0 spiro atoms. The summed E-state index contributed by atoms with van der Waals surface area (Å²) in [5.41, 5.74) is 12.5. The van der Waals surface area contributed by atoms with Crippen LogP contribution in [0.25, 0.3) is 16.9 Å². The van der Waals surface area contributed by atoms with Crippen LogP contribution >= 0.6 is 0 Å². The molecule has 0 atom stereocenters. The van der Waals surface area contributed by atoms with Crippen LogP contribution in [0.15, 0.2) is 36.5 Å². The van der Waals surface area contributed by atoms with Crippen LogP contribution in [0.3, 0.4) is 0 Å². The second kappa shape index (κ2) is 5.14. The second-order valence-electron chi connectivity index (χ2n) is 5.92. The number of fused-ring (bicyclic) bond motifs is 2. The van der Waals surface area contributed by atoms with Crippen molar-refractivity contribution in [1.82, 2.24) is 9.38 Å². The van der Waals surface area contributed by atoms with Gasteiger partial charge in [0.25, 0.3) is 0 Å². The number of hydrogen-bond acceptors (Lipinski definition) is 3. The number of anilines is 1. The van der Waals surface area contributed by atoms with Crippen LogP contribution in [-0.2, 0) is 19.4 Å². The molecule has 3 aromatic rings. The maximum atomic E-state index is 9.47. The average molecular weight is 293 g/mol. The first-order valence-corrected chi connectivity index (χ1v) is 7.76. The van der Waals surface area contributed by atoms with Gasteiger partial charge in [0.05, 0.1) is 6.61 Å². The number of aromatic nitrogens is 2. The molecule has 0 radical (unpaired) electrons. The highest BCUT2D eigenvalue weighted by atomic mass is 16.3. The molecule has 1 aliphatic carbocycles. The summed E-state index contributed by atoms with van der Waals surface area (Å²) in [6.45, 7) is -0.0373. The fraction of sp³-hybridized carbons (Fsp3) is 0.278. The smallest absolute Gasteiger partial charge is 0.144 e. The zero-order valence-corrected chi connectivity index (χ0v) is 12.4. The third-order valence-electron chi connectivity index (χ3n) is 4.56. The van der Waals surface area contributed by atoms with E-state index in [0.717, 1.165) is 28.9 Å². The molecule has 4 heteroatoms. The highest BCUT2D eigenvalue weighted by Gasteiger charge is 2.16. The molecular formula is C18H19N3O. The first kappa shape index (κ1) is 13.3. The van der Waals surface area contributed by atoms with Gasteiger partial charge in [-0.05, 0) is 48.9 Å². The SMILES string of the molecule is Nc1c(-c2ccc3c(c2)CCCC3)nc2c(CO)cccn12. The molecule has 0 unspecified atom stereocenters. The van der Waals surface area contributed by atoms with Crippen molar-refractivity contribution in [2.45, 2.75) is 32.3 Å². The van der Waals surface area contributed by atoms with Crippen molar-refractivity contribution in [3.8, 4) is 11.3 Å². The van der Waals surface area contributed by atoms with Crippen molar-refractivity contribution >= 4 is 11.5 Å². The highest BCUT2D eigenvalue weighted by Crippen LogP contribution is 2.31. The standard InChI is InChI=1S/C18H19N3O/c19-17-16(20-18-15(11-22)6-3-9-21(17)18)14-8-7-12-4-1-2-5-13(12)10-14/h3,6-10,22H,1-2,4-5,11,19H2. The maximum absolute atomic E-state index is 9.47. The Labute approximate surface area is 129 Å². The normalized spacial score (nSPS) is 14.2. The van der Waals surface area contributed by atoms with E-state index in [0.29, 0.717) is 5.82 Å². The predicted molar refractivity (Wildman–Crippen MR) is 87.6 cm³/mol. The zero-order valence-electron chi connectivity index (χ0n) is 12.4. The van der Waals surface area contributed by atoms with Gasteiger partial charge in [0.2, 0.25) is 0 Å². The molecule has 1 aromatic carbocycles. The minimum Gasteiger partial charge on any atom is -0.392 e. The van der Waals surface area contributed by atoms with Gasteiger partial charge in [-0.1, -0.05) is 18.2 Å². The van der Waals surface area contributed by atoms with Gasteiger partial charge < -0.3 is 10.8 Å². The van der Waals surface area contributed by atoms with Gasteiger partial charge in [0.1, 0.15) is 17.2 Å². The van der Waals surface area contributed by atoms with Gasteiger partial charge in [-0.3, -0.25) is 4.40 Å². The first-order valence-electron chi connectivity index (χ1n) is 7.76. The zero-order chi connectivity index (χ0) is 15.1. The Morgan fingerprint density at radius 2 is 1.95 bits per heavy atom. The number of aliphatic hydroxyl groups is 1. The number of nitrogens with two attached hydrogens (primary N) is 1. The van der Waals surface area contributed by atoms with E-state index in [1.165, 1.54) is 30.4 Å². The summed E-state index contributed by atoms with van der Waals surface area (Å²) in [6, 6.07) is 10.3. The number of aliphatic hydroxyl groups excluding tert-OH is 1. The average Bonchev–Trinajstić information content (AvgIpc) is 2.91. The van der Waals surface area contributed by atoms with Crippen LogP contribution < -0.4 is 5.73 Å². The third-order valence-corrected chi connectivity index (χ3v) is 4.56. The summed E-state index contributed by atoms with van der Waals surface area (Å²) in [5, 5.41) is 9.47. The molecule has 0 saturated carbocycles. The minimum absolute atomic E-state index is 0.0373. The number of nitrogens with zero attached hydrogens (tertiary/aromatic N) is 2. The Hall–Kier alpha value is -2.33. The molecule has 0 bridgehead atoms. The lowest BCUT2D eigenvalue weighted by atomic mass is 9.90. The lowest BCUT2D eigenvalue weighted by molar-refractivity contribution is 0.282. The third kappa shape index (κ3) is 1.99. The molecular weight excluding hydrogens is 274 g/mol. The second-order valence-corrected chi connectivity index (χ2v) is 5.92. The highest BCUT2D eigenvalue weighted by molar-refractivity contribution is 5.76. The van der Waals surface area contributed by atoms with Crippen LogP contribution in [0.4, 0.5) is 5.82 Å². The topological polar surface area (TPSA) is 63.5 Å². The van der Waals surface area contributed by atoms with Crippen LogP contribution in [0.1, 0.15) is 29.5 Å². The number of imidazole rings is 1. The summed E-state index contributed by atoms with van der Waals surface area (Å²) >= 11 is 0. The Bertz CT molecular complexity index is 851. The van der Waals surface area contributed by atoms with Gasteiger partial charge in [-0.15, -0.1) is 0 Å². The molecule has 112 valence electrons. The van der Waals surface area contributed by atoms with Crippen molar-refractivity contribution in [2.75, 3.05) is 5.73 Å². The Balaban J connectivity index is 1.89. The number of aryl methyl sites for hydroxylation is 2. The summed E-state index contributed by atoms with van der Waals surface area (Å²) < 4.78 is 1.85. The summed E-state index contributed by atoms with van der Waals surface area (Å²) in [6.07, 6.45) is 6.73. The lowest BCUT2D eigenvalue weighted by Gasteiger charge is -2.16. The minimum atomic E-state index is -0.0373. The lowest BCUT2D eigenvalue weighted by Crippen LogP contribution is -2.02. The van der Waals surface area contributed by atoms with E-state index in [2.05, 4.69) is 23.2 Å². The first-order chi connectivity index (χ1) is 10.8. The van der Waals surface area contributed by atoms with Crippen molar-refractivity contribution in [2.24, 2.45) is 0 Å². The van der Waals surface area contributed by atoms with E-state index in [1.54, 1.807) is 0 Å². The fourth-order valence-electron chi connectivity index (χ4n) is 3.36. The van der Waals surface area contributed by atoms with E-state index in [-0.39, 0.29) is 6.61 Å². The molecule has 4 nitrogen and oxygen atoms in total. The van der Waals surface area contributed by atoms with Gasteiger partial charge in [0.15, 0.2) is 0 Å². The monoisotopic (exact) mass is 293 g/mol. The molecule has 4 rings (SSSR count). The summed E-state index contributed by atoms with van der Waals surface area (Å²) in [5.74, 6) is 0.626. The Kier molecular flexibility index (Phi) is 3.12. The van der Waals surface area contributed by atoms with Crippen molar-refractivity contribution in [1.29, 1.82) is 0 Å². The molecule has 2 aromatic heterocycles. The van der Waals surface area contributed by atoms with Gasteiger partial charge >= 0.3 is 0 Å². The number of hydrogen-bond donors (Lipinski definition) is 2. The van der Waals surface area contributed by atoms with E-state index in [4.69, 9.17) is 5.73 Å². The van der Waals surface area contributed by atoms with Crippen LogP contribution in [0.2, 0.25) is 0 Å². The van der Waals surface area contributed by atoms with Gasteiger partial charge in [0, 0.05) is 17.3 Å². The Morgan fingerprint density at radius 1 is 1.14 bits per heavy atom. The van der Waals surface area contributed by atoms with E-state index >= 15 is 0 Å². The molecule has 0 saturated heterocycles. The number of nitrogen functional groups attached to an aromatic ring is 1. The van der Waals surface area contributed by atoms with Crippen LogP contribution in [0, 0.1) is 0 Å². The van der Waals surface area contributed by atoms with E-state index in [1.807, 2.05) is 22.7 Å². The summed E-state index contributed by atoms with van der Waals surface area (Å²) in [4.78, 5) is 4.68. The predicted octanol–water partition coefficient (Wildman–Crippen LogP) is 2.95. The molecule has 0 aliphatic heterocycles. The number of pyridine rings is 1. The van der Waals surface area contributed by atoms with E-state index < -0.39 is 0 Å². The molecule has 0 amide bonds. The van der Waals surface area contributed by atoms with Crippen molar-refractivity contribution < 1.29 is 5.11 Å². The van der Waals surface area contributed by atoms with Gasteiger partial charge in [-0.25, -0.2) is 4.98 Å².